The predicted octanol–water partition coefficient (Wildman–Crippen LogP) is 1.85. The maximum atomic E-state index is 12.5. The third-order valence-electron chi connectivity index (χ3n) is 4.09. The largest absolute Gasteiger partial charge is 0.444 e. The van der Waals surface area contributed by atoms with Gasteiger partial charge in [-0.15, -0.1) is 0 Å². The standard InChI is InChI=1S/C19H29N3O6S/c1-19(2,3)28-18(24)20-9-10-21-29(25,26)16-6-4-5-15(13-16)22-17(23)14-7-11-27-12-8-14/h4-6,13-14,21H,7-12H2,1-3H3,(H,20,24)(H,22,23). The average molecular weight is 428 g/mol. The molecule has 1 aromatic carbocycles. The predicted molar refractivity (Wildman–Crippen MR) is 108 cm³/mol. The summed E-state index contributed by atoms with van der Waals surface area (Å²) in [5, 5.41) is 5.25. The van der Waals surface area contributed by atoms with E-state index in [9.17, 15) is 18.0 Å². The highest BCUT2D eigenvalue weighted by Crippen LogP contribution is 2.20. The summed E-state index contributed by atoms with van der Waals surface area (Å²) in [5.41, 5.74) is -0.213. The summed E-state index contributed by atoms with van der Waals surface area (Å²) < 4.78 is 37.7. The minimum absolute atomic E-state index is 0.000235. The van der Waals surface area contributed by atoms with Gasteiger partial charge in [0.25, 0.3) is 0 Å². The van der Waals surface area contributed by atoms with E-state index in [-0.39, 0.29) is 29.8 Å². The number of hydrogen-bond donors (Lipinski definition) is 3. The average Bonchev–Trinajstić information content (AvgIpc) is 2.65. The van der Waals surface area contributed by atoms with Crippen LogP contribution in [0.4, 0.5) is 10.5 Å². The number of rotatable bonds is 7. The summed E-state index contributed by atoms with van der Waals surface area (Å²) in [7, 11) is -3.79. The van der Waals surface area contributed by atoms with Gasteiger partial charge in [0.05, 0.1) is 4.90 Å². The van der Waals surface area contributed by atoms with Gasteiger partial charge in [-0.2, -0.15) is 0 Å². The fraction of sp³-hybridized carbons (Fsp3) is 0.579. The van der Waals surface area contributed by atoms with Gasteiger partial charge in [-0.3, -0.25) is 4.79 Å². The lowest BCUT2D eigenvalue weighted by Gasteiger charge is -2.21. The van der Waals surface area contributed by atoms with Crippen LogP contribution >= 0.6 is 0 Å². The van der Waals surface area contributed by atoms with Gasteiger partial charge in [0, 0.05) is 37.9 Å². The lowest BCUT2D eigenvalue weighted by molar-refractivity contribution is -0.122. The fourth-order valence-corrected chi connectivity index (χ4v) is 3.77. The van der Waals surface area contributed by atoms with Gasteiger partial charge < -0.3 is 20.1 Å². The Morgan fingerprint density at radius 1 is 1.17 bits per heavy atom. The Kier molecular flexibility index (Phi) is 8.00. The van der Waals surface area contributed by atoms with Crippen LogP contribution in [0, 0.1) is 5.92 Å². The summed E-state index contributed by atoms with van der Waals surface area (Å²) in [6, 6.07) is 6.04. The van der Waals surface area contributed by atoms with E-state index < -0.39 is 21.7 Å². The zero-order valence-corrected chi connectivity index (χ0v) is 17.8. The van der Waals surface area contributed by atoms with Gasteiger partial charge >= 0.3 is 6.09 Å². The Hall–Kier alpha value is -2.17. The molecule has 0 bridgehead atoms. The Bertz CT molecular complexity index is 813. The van der Waals surface area contributed by atoms with Crippen molar-refractivity contribution in [3.63, 3.8) is 0 Å². The second kappa shape index (κ2) is 10.0. The van der Waals surface area contributed by atoms with Gasteiger partial charge in [0.15, 0.2) is 0 Å². The highest BCUT2D eigenvalue weighted by atomic mass is 32.2. The third-order valence-corrected chi connectivity index (χ3v) is 5.55. The van der Waals surface area contributed by atoms with Crippen molar-refractivity contribution in [2.24, 2.45) is 5.92 Å². The van der Waals surface area contributed by atoms with Crippen LogP contribution < -0.4 is 15.4 Å². The number of carbonyl (C=O) groups excluding carboxylic acids is 2. The molecule has 0 atom stereocenters. The summed E-state index contributed by atoms with van der Waals surface area (Å²) in [6.45, 7) is 6.39. The Balaban J connectivity index is 1.87. The molecule has 162 valence electrons. The van der Waals surface area contributed by atoms with Gasteiger partial charge in [0.1, 0.15) is 5.60 Å². The van der Waals surface area contributed by atoms with Crippen LogP contribution in [-0.4, -0.2) is 52.3 Å². The number of nitrogens with one attached hydrogen (secondary N) is 3. The van der Waals surface area contributed by atoms with Crippen LogP contribution in [0.15, 0.2) is 29.2 Å². The quantitative estimate of drug-likeness (QED) is 0.571. The minimum atomic E-state index is -3.79. The van der Waals surface area contributed by atoms with E-state index in [0.717, 1.165) is 0 Å². The van der Waals surface area contributed by atoms with Crippen molar-refractivity contribution in [3.8, 4) is 0 Å². The number of hydrogen-bond acceptors (Lipinski definition) is 6. The highest BCUT2D eigenvalue weighted by molar-refractivity contribution is 7.89. The smallest absolute Gasteiger partial charge is 0.407 e. The molecule has 1 saturated heterocycles. The summed E-state index contributed by atoms with van der Waals surface area (Å²) in [6.07, 6.45) is 0.681. The number of carbonyl (C=O) groups is 2. The summed E-state index contributed by atoms with van der Waals surface area (Å²) in [5.74, 6) is -0.279. The molecule has 0 spiro atoms. The first-order valence-electron chi connectivity index (χ1n) is 9.52. The molecular formula is C19H29N3O6S. The maximum Gasteiger partial charge on any atom is 0.407 e. The van der Waals surface area contributed by atoms with Crippen LogP contribution in [0.1, 0.15) is 33.6 Å². The van der Waals surface area contributed by atoms with Gasteiger partial charge in [0.2, 0.25) is 15.9 Å². The molecule has 1 aliphatic rings. The van der Waals surface area contributed by atoms with Crippen molar-refractivity contribution in [2.75, 3.05) is 31.6 Å². The Labute approximate surface area is 171 Å². The molecule has 1 aromatic rings. The van der Waals surface area contributed by atoms with Crippen LogP contribution in [0.25, 0.3) is 0 Å². The van der Waals surface area contributed by atoms with Crippen molar-refractivity contribution in [1.82, 2.24) is 10.0 Å². The number of amides is 2. The van der Waals surface area contributed by atoms with E-state index in [4.69, 9.17) is 9.47 Å². The first kappa shape index (κ1) is 23.1. The molecular weight excluding hydrogens is 398 g/mol. The van der Waals surface area contributed by atoms with Gasteiger partial charge in [-0.1, -0.05) is 6.07 Å². The van der Waals surface area contributed by atoms with Crippen LogP contribution in [0.3, 0.4) is 0 Å². The molecule has 0 aliphatic carbocycles. The van der Waals surface area contributed by atoms with E-state index in [1.165, 1.54) is 12.1 Å². The number of anilines is 1. The summed E-state index contributed by atoms with van der Waals surface area (Å²) in [4.78, 5) is 23.9. The van der Waals surface area contributed by atoms with Crippen molar-refractivity contribution in [1.29, 1.82) is 0 Å². The van der Waals surface area contributed by atoms with Crippen molar-refractivity contribution < 1.29 is 27.5 Å². The molecule has 29 heavy (non-hydrogen) atoms. The number of ether oxygens (including phenoxy) is 2. The fourth-order valence-electron chi connectivity index (χ4n) is 2.69. The van der Waals surface area contributed by atoms with E-state index in [2.05, 4.69) is 15.4 Å². The molecule has 10 heteroatoms. The van der Waals surface area contributed by atoms with Crippen LogP contribution in [-0.2, 0) is 24.3 Å². The SMILES string of the molecule is CC(C)(C)OC(=O)NCCNS(=O)(=O)c1cccc(NC(=O)C2CCOCC2)c1. The number of alkyl carbamates (subject to hydrolysis) is 1. The molecule has 0 unspecified atom stereocenters. The molecule has 1 fully saturated rings. The normalized spacial score (nSPS) is 15.6. The van der Waals surface area contributed by atoms with Crippen LogP contribution in [0.5, 0.6) is 0 Å². The van der Waals surface area contributed by atoms with Gasteiger partial charge in [-0.05, 0) is 51.8 Å². The zero-order chi connectivity index (χ0) is 21.5. The Morgan fingerprint density at radius 2 is 1.86 bits per heavy atom. The van der Waals surface area contributed by atoms with Crippen molar-refractivity contribution >= 4 is 27.7 Å². The minimum Gasteiger partial charge on any atom is -0.444 e. The van der Waals surface area contributed by atoms with E-state index in [0.29, 0.717) is 31.7 Å². The summed E-state index contributed by atoms with van der Waals surface area (Å²) >= 11 is 0. The van der Waals surface area contributed by atoms with Crippen molar-refractivity contribution in [2.45, 2.75) is 44.1 Å². The first-order chi connectivity index (χ1) is 13.6. The molecule has 2 amide bonds. The molecule has 0 aromatic heterocycles. The lowest BCUT2D eigenvalue weighted by Crippen LogP contribution is -2.37. The first-order valence-corrected chi connectivity index (χ1v) is 11.0. The van der Waals surface area contributed by atoms with Crippen molar-refractivity contribution in [3.05, 3.63) is 24.3 Å². The molecule has 1 aliphatic heterocycles. The third kappa shape index (κ3) is 8.00. The van der Waals surface area contributed by atoms with E-state index in [1.54, 1.807) is 32.9 Å². The lowest BCUT2D eigenvalue weighted by atomic mass is 9.99. The number of sulfonamides is 1. The number of benzene rings is 1. The molecule has 9 nitrogen and oxygen atoms in total. The monoisotopic (exact) mass is 427 g/mol. The van der Waals surface area contributed by atoms with E-state index in [1.807, 2.05) is 0 Å². The molecule has 1 heterocycles. The topological polar surface area (TPSA) is 123 Å². The van der Waals surface area contributed by atoms with Crippen LogP contribution in [0.2, 0.25) is 0 Å². The van der Waals surface area contributed by atoms with E-state index >= 15 is 0 Å². The maximum absolute atomic E-state index is 12.5. The second-order valence-corrected chi connectivity index (χ2v) is 9.50. The zero-order valence-electron chi connectivity index (χ0n) is 17.0. The van der Waals surface area contributed by atoms with Gasteiger partial charge in [-0.25, -0.2) is 17.9 Å². The Morgan fingerprint density at radius 3 is 2.52 bits per heavy atom. The molecule has 0 saturated carbocycles. The molecule has 2 rings (SSSR count). The molecule has 3 N–H and O–H groups in total. The second-order valence-electron chi connectivity index (χ2n) is 7.73. The highest BCUT2D eigenvalue weighted by Gasteiger charge is 2.22. The molecule has 0 radical (unpaired) electrons.